The van der Waals surface area contributed by atoms with Crippen LogP contribution in [0.25, 0.3) is 0 Å². The van der Waals surface area contributed by atoms with Gasteiger partial charge in [-0.2, -0.15) is 0 Å². The molecular formula is C28H44N2O4. The maximum atomic E-state index is 12.4. The maximum absolute atomic E-state index is 12.4. The first-order valence-corrected chi connectivity index (χ1v) is 13.9. The summed E-state index contributed by atoms with van der Waals surface area (Å²) in [5.74, 6) is 1.80. The molecule has 0 aromatic rings. The van der Waals surface area contributed by atoms with Gasteiger partial charge in [-0.3, -0.25) is 4.90 Å². The lowest BCUT2D eigenvalue weighted by Gasteiger charge is -2.64. The normalized spacial score (nSPS) is 51.3. The Hall–Kier alpha value is -0.950. The first-order chi connectivity index (χ1) is 16.3. The Labute approximate surface area is 204 Å². The molecule has 1 saturated heterocycles. The van der Waals surface area contributed by atoms with Gasteiger partial charge in [0.05, 0.1) is 18.8 Å². The lowest BCUT2D eigenvalue weighted by atomic mass is 9.43. The highest BCUT2D eigenvalue weighted by Gasteiger charge is 2.67. The summed E-state index contributed by atoms with van der Waals surface area (Å²) in [7, 11) is 0. The van der Waals surface area contributed by atoms with E-state index >= 15 is 0 Å². The Morgan fingerprint density at radius 3 is 2.74 bits per heavy atom. The Morgan fingerprint density at radius 2 is 1.97 bits per heavy atom. The topological polar surface area (TPSA) is 85.0 Å². The van der Waals surface area contributed by atoms with Gasteiger partial charge in [-0.05, 0) is 92.4 Å². The molecule has 190 valence electrons. The number of hydrogen-bond donors (Lipinski definition) is 2. The second kappa shape index (κ2) is 8.29. The highest BCUT2D eigenvalue weighted by atomic mass is 16.5. The lowest BCUT2D eigenvalue weighted by Crippen LogP contribution is -2.63. The summed E-state index contributed by atoms with van der Waals surface area (Å²) >= 11 is 0. The average molecular weight is 473 g/mol. The van der Waals surface area contributed by atoms with E-state index in [4.69, 9.17) is 15.2 Å². The van der Waals surface area contributed by atoms with Crippen molar-refractivity contribution in [1.29, 1.82) is 0 Å². The lowest BCUT2D eigenvalue weighted by molar-refractivity contribution is -0.207. The number of aliphatic hydroxyl groups is 1. The molecule has 2 aliphatic heterocycles. The van der Waals surface area contributed by atoms with Crippen molar-refractivity contribution in [3.8, 4) is 0 Å². The van der Waals surface area contributed by atoms with Crippen molar-refractivity contribution in [3.63, 3.8) is 0 Å². The van der Waals surface area contributed by atoms with Gasteiger partial charge in [0.15, 0.2) is 0 Å². The zero-order chi connectivity index (χ0) is 23.7. The molecule has 4 saturated carbocycles. The van der Waals surface area contributed by atoms with Crippen LogP contribution in [0.5, 0.6) is 0 Å². The first kappa shape index (κ1) is 23.4. The Morgan fingerprint density at radius 1 is 1.12 bits per heavy atom. The van der Waals surface area contributed by atoms with E-state index in [1.807, 2.05) is 0 Å². The van der Waals surface area contributed by atoms with Gasteiger partial charge in [0.25, 0.3) is 0 Å². The number of ether oxygens (including phenoxy) is 2. The van der Waals surface area contributed by atoms with Gasteiger partial charge < -0.3 is 20.3 Å². The van der Waals surface area contributed by atoms with E-state index < -0.39 is 5.60 Å². The average Bonchev–Trinajstić information content (AvgIpc) is 3.38. The van der Waals surface area contributed by atoms with Crippen molar-refractivity contribution < 1.29 is 19.4 Å². The predicted octanol–water partition coefficient (Wildman–Crippen LogP) is 3.27. The number of carbonyl (C=O) groups is 1. The Balaban J connectivity index is 1.22. The van der Waals surface area contributed by atoms with E-state index in [0.717, 1.165) is 56.9 Å². The monoisotopic (exact) mass is 472 g/mol. The van der Waals surface area contributed by atoms with E-state index in [0.29, 0.717) is 42.5 Å². The minimum absolute atomic E-state index is 0.142. The number of carbonyl (C=O) groups excluding carboxylic acids is 1. The zero-order valence-electron chi connectivity index (χ0n) is 21.1. The van der Waals surface area contributed by atoms with E-state index in [-0.39, 0.29) is 17.3 Å². The van der Waals surface area contributed by atoms with E-state index in [2.05, 4.69) is 18.7 Å². The molecule has 0 radical (unpaired) electrons. The summed E-state index contributed by atoms with van der Waals surface area (Å²) in [5.41, 5.74) is 6.80. The van der Waals surface area contributed by atoms with Gasteiger partial charge >= 0.3 is 5.97 Å². The van der Waals surface area contributed by atoms with Crippen molar-refractivity contribution in [2.75, 3.05) is 32.9 Å². The smallest absolute Gasteiger partial charge is 0.331 e. The molecule has 4 aliphatic carbocycles. The van der Waals surface area contributed by atoms with Gasteiger partial charge in [0.2, 0.25) is 0 Å². The van der Waals surface area contributed by atoms with Crippen LogP contribution in [0.3, 0.4) is 0 Å². The molecule has 6 rings (SSSR count). The van der Waals surface area contributed by atoms with Gasteiger partial charge in [-0.1, -0.05) is 13.8 Å². The standard InChI is InChI=1S/C28H44N2O4/c1-26-8-5-20(30-11-12-33-17-21(30)15-29)14-19(26)3-4-24-23(26)6-9-27(2)22(7-10-28(24,27)32)18-13-25(31)34-16-18/h13,19-24,32H,3-12,14-17,29H2,1-2H3/t19-,20+,21-,22-,23+,24-,26+,27-,28+/m1/s1. The van der Waals surface area contributed by atoms with E-state index in [1.165, 1.54) is 32.1 Å². The van der Waals surface area contributed by atoms with Gasteiger partial charge in [0.1, 0.15) is 6.61 Å². The summed E-state index contributed by atoms with van der Waals surface area (Å²) < 4.78 is 11.0. The van der Waals surface area contributed by atoms with Gasteiger partial charge in [-0.25, -0.2) is 4.79 Å². The number of esters is 1. The van der Waals surface area contributed by atoms with Gasteiger partial charge in [-0.15, -0.1) is 0 Å². The SMILES string of the molecule is C[C@]12CC[C@H](N3CCOC[C@H]3CN)C[C@H]1CC[C@@H]1[C@@H]2CC[C@]2(C)[C@@H](C3=CC(=O)OC3)CC[C@]12O. The van der Waals surface area contributed by atoms with Crippen LogP contribution in [0.15, 0.2) is 11.6 Å². The highest BCUT2D eigenvalue weighted by Crippen LogP contribution is 2.70. The predicted molar refractivity (Wildman–Crippen MR) is 130 cm³/mol. The third-order valence-electron chi connectivity index (χ3n) is 12.0. The molecule has 0 unspecified atom stereocenters. The molecule has 9 atom stereocenters. The summed E-state index contributed by atoms with van der Waals surface area (Å²) in [5, 5.41) is 12.4. The third-order valence-corrected chi connectivity index (χ3v) is 12.0. The number of morpholine rings is 1. The largest absolute Gasteiger partial charge is 0.458 e. The molecule has 34 heavy (non-hydrogen) atoms. The number of nitrogens with zero attached hydrogens (tertiary/aromatic N) is 1. The Bertz CT molecular complexity index is 861. The number of rotatable bonds is 3. The number of nitrogens with two attached hydrogens (primary N) is 1. The second-order valence-electron chi connectivity index (χ2n) is 12.9. The third kappa shape index (κ3) is 3.24. The maximum Gasteiger partial charge on any atom is 0.331 e. The molecule has 3 N–H and O–H groups in total. The van der Waals surface area contributed by atoms with Crippen LogP contribution in [0.2, 0.25) is 0 Å². The number of cyclic esters (lactones) is 1. The van der Waals surface area contributed by atoms with Crippen molar-refractivity contribution in [2.45, 2.75) is 89.3 Å². The minimum atomic E-state index is -0.618. The van der Waals surface area contributed by atoms with Crippen molar-refractivity contribution in [3.05, 3.63) is 11.6 Å². The van der Waals surface area contributed by atoms with Crippen LogP contribution in [-0.2, 0) is 14.3 Å². The summed E-state index contributed by atoms with van der Waals surface area (Å²) in [4.78, 5) is 14.5. The quantitative estimate of drug-likeness (QED) is 0.614. The summed E-state index contributed by atoms with van der Waals surface area (Å²) in [6.07, 6.45) is 12.0. The van der Waals surface area contributed by atoms with Crippen LogP contribution in [-0.4, -0.2) is 66.6 Å². The number of hydrogen-bond acceptors (Lipinski definition) is 6. The van der Waals surface area contributed by atoms with Crippen molar-refractivity contribution >= 4 is 5.97 Å². The molecule has 6 nitrogen and oxygen atoms in total. The summed E-state index contributed by atoms with van der Waals surface area (Å²) in [6, 6.07) is 0.999. The van der Waals surface area contributed by atoms with Crippen LogP contribution >= 0.6 is 0 Å². The second-order valence-corrected chi connectivity index (χ2v) is 12.9. The van der Waals surface area contributed by atoms with Crippen molar-refractivity contribution in [1.82, 2.24) is 4.90 Å². The fraction of sp³-hybridized carbons (Fsp3) is 0.893. The highest BCUT2D eigenvalue weighted by molar-refractivity contribution is 5.85. The number of fused-ring (bicyclic) bond motifs is 5. The first-order valence-electron chi connectivity index (χ1n) is 13.9. The van der Waals surface area contributed by atoms with Crippen LogP contribution < -0.4 is 5.73 Å². The molecule has 6 heteroatoms. The van der Waals surface area contributed by atoms with E-state index in [9.17, 15) is 9.90 Å². The molecule has 0 bridgehead atoms. The molecule has 5 fully saturated rings. The molecule has 0 spiro atoms. The molecule has 0 amide bonds. The van der Waals surface area contributed by atoms with Crippen LogP contribution in [0.4, 0.5) is 0 Å². The molecular weight excluding hydrogens is 428 g/mol. The van der Waals surface area contributed by atoms with Gasteiger partial charge in [0, 0.05) is 36.7 Å². The Kier molecular flexibility index (Phi) is 5.72. The molecule has 0 aromatic carbocycles. The van der Waals surface area contributed by atoms with Crippen LogP contribution in [0, 0.1) is 34.5 Å². The fourth-order valence-corrected chi connectivity index (χ4v) is 10.0. The molecule has 2 heterocycles. The zero-order valence-corrected chi connectivity index (χ0v) is 21.1. The van der Waals surface area contributed by atoms with Crippen molar-refractivity contribution in [2.24, 2.45) is 40.2 Å². The van der Waals surface area contributed by atoms with E-state index in [1.54, 1.807) is 6.08 Å². The molecule has 0 aromatic heterocycles. The fourth-order valence-electron chi connectivity index (χ4n) is 10.0. The molecule has 6 aliphatic rings. The minimum Gasteiger partial charge on any atom is -0.458 e. The summed E-state index contributed by atoms with van der Waals surface area (Å²) in [6.45, 7) is 8.62. The van der Waals surface area contributed by atoms with Crippen LogP contribution in [0.1, 0.15) is 71.6 Å².